The van der Waals surface area contributed by atoms with Crippen molar-refractivity contribution in [1.29, 1.82) is 0 Å². The smallest absolute Gasteiger partial charge is 0.225 e. The molecule has 1 aliphatic carbocycles. The number of hydrogen-bond donors (Lipinski definition) is 0. The standard InChI is InChI=1S/C15H18ClN3S/c16-15-17-13(19-8-3-1-2-4-9-19)12-10-6-5-7-11(10)20-14(12)18-15/h1-9H2. The molecule has 0 N–H and O–H groups in total. The summed E-state index contributed by atoms with van der Waals surface area (Å²) < 4.78 is 0. The Kier molecular flexibility index (Phi) is 3.31. The summed E-state index contributed by atoms with van der Waals surface area (Å²) >= 11 is 7.99. The second kappa shape index (κ2) is 5.15. The van der Waals surface area contributed by atoms with E-state index in [1.165, 1.54) is 60.8 Å². The molecule has 2 aromatic rings. The number of aryl methyl sites for hydroxylation is 2. The van der Waals surface area contributed by atoms with Gasteiger partial charge in [-0.05, 0) is 49.3 Å². The van der Waals surface area contributed by atoms with Crippen LogP contribution in [0, 0.1) is 0 Å². The lowest BCUT2D eigenvalue weighted by molar-refractivity contribution is 0.726. The fraction of sp³-hybridized carbons (Fsp3) is 0.600. The molecule has 0 bridgehead atoms. The van der Waals surface area contributed by atoms with E-state index < -0.39 is 0 Å². The third-order valence-electron chi connectivity index (χ3n) is 4.42. The molecule has 1 fully saturated rings. The molecule has 0 saturated carbocycles. The van der Waals surface area contributed by atoms with Crippen molar-refractivity contribution in [1.82, 2.24) is 9.97 Å². The lowest BCUT2D eigenvalue weighted by Gasteiger charge is -2.22. The van der Waals surface area contributed by atoms with E-state index in [0.717, 1.165) is 23.7 Å². The normalized spacial score (nSPS) is 19.4. The zero-order chi connectivity index (χ0) is 13.5. The van der Waals surface area contributed by atoms with E-state index in [1.54, 1.807) is 0 Å². The number of nitrogens with zero attached hydrogens (tertiary/aromatic N) is 3. The summed E-state index contributed by atoms with van der Waals surface area (Å²) in [5.41, 5.74) is 1.50. The molecule has 4 rings (SSSR count). The van der Waals surface area contributed by atoms with Crippen molar-refractivity contribution >= 4 is 39.0 Å². The minimum Gasteiger partial charge on any atom is -0.356 e. The van der Waals surface area contributed by atoms with E-state index in [2.05, 4.69) is 14.9 Å². The minimum absolute atomic E-state index is 0.400. The quantitative estimate of drug-likeness (QED) is 0.739. The highest BCUT2D eigenvalue weighted by molar-refractivity contribution is 7.19. The maximum absolute atomic E-state index is 6.16. The van der Waals surface area contributed by atoms with Crippen molar-refractivity contribution in [3.05, 3.63) is 15.7 Å². The fourth-order valence-corrected chi connectivity index (χ4v) is 4.93. The van der Waals surface area contributed by atoms with Gasteiger partial charge in [-0.25, -0.2) is 4.98 Å². The zero-order valence-corrected chi connectivity index (χ0v) is 13.1. The number of halogens is 1. The molecular formula is C15H18ClN3S. The van der Waals surface area contributed by atoms with Gasteiger partial charge in [0.1, 0.15) is 10.6 Å². The summed E-state index contributed by atoms with van der Waals surface area (Å²) in [4.78, 5) is 14.1. The lowest BCUT2D eigenvalue weighted by atomic mass is 10.2. The summed E-state index contributed by atoms with van der Waals surface area (Å²) in [6, 6.07) is 0. The van der Waals surface area contributed by atoms with Gasteiger partial charge in [0.25, 0.3) is 0 Å². The van der Waals surface area contributed by atoms with Crippen LogP contribution >= 0.6 is 22.9 Å². The first-order valence-corrected chi connectivity index (χ1v) is 8.75. The molecule has 0 unspecified atom stereocenters. The van der Waals surface area contributed by atoms with Gasteiger partial charge in [-0.15, -0.1) is 11.3 Å². The Morgan fingerprint density at radius 1 is 0.950 bits per heavy atom. The van der Waals surface area contributed by atoms with E-state index in [1.807, 2.05) is 11.3 Å². The van der Waals surface area contributed by atoms with Crippen molar-refractivity contribution in [3.63, 3.8) is 0 Å². The molecule has 3 heterocycles. The third kappa shape index (κ3) is 2.09. The van der Waals surface area contributed by atoms with Gasteiger partial charge in [-0.2, -0.15) is 4.98 Å². The zero-order valence-electron chi connectivity index (χ0n) is 11.5. The molecular weight excluding hydrogens is 290 g/mol. The van der Waals surface area contributed by atoms with Gasteiger partial charge in [-0.1, -0.05) is 12.8 Å². The predicted molar refractivity (Wildman–Crippen MR) is 85.1 cm³/mol. The average Bonchev–Trinajstić information content (AvgIpc) is 2.88. The van der Waals surface area contributed by atoms with E-state index in [-0.39, 0.29) is 0 Å². The summed E-state index contributed by atoms with van der Waals surface area (Å²) in [6.07, 6.45) is 8.85. The third-order valence-corrected chi connectivity index (χ3v) is 5.78. The van der Waals surface area contributed by atoms with E-state index >= 15 is 0 Å². The first-order valence-electron chi connectivity index (χ1n) is 7.55. The van der Waals surface area contributed by atoms with Gasteiger partial charge in [-0.3, -0.25) is 0 Å². The minimum atomic E-state index is 0.400. The molecule has 5 heteroatoms. The molecule has 0 aromatic carbocycles. The first-order chi connectivity index (χ1) is 9.83. The van der Waals surface area contributed by atoms with Gasteiger partial charge in [0, 0.05) is 18.0 Å². The molecule has 0 atom stereocenters. The SMILES string of the molecule is Clc1nc(N2CCCCCC2)c2c3c(sc2n1)CCC3. The van der Waals surface area contributed by atoms with Crippen LogP contribution in [0.3, 0.4) is 0 Å². The fourth-order valence-electron chi connectivity index (χ4n) is 3.46. The topological polar surface area (TPSA) is 29.0 Å². The van der Waals surface area contributed by atoms with E-state index in [9.17, 15) is 0 Å². The Bertz CT molecular complexity index is 644. The Labute approximate surface area is 128 Å². The van der Waals surface area contributed by atoms with Crippen molar-refractivity contribution in [2.24, 2.45) is 0 Å². The highest BCUT2D eigenvalue weighted by atomic mass is 35.5. The largest absolute Gasteiger partial charge is 0.356 e. The van der Waals surface area contributed by atoms with Gasteiger partial charge in [0.15, 0.2) is 0 Å². The van der Waals surface area contributed by atoms with E-state index in [0.29, 0.717) is 5.28 Å². The number of aromatic nitrogens is 2. The summed E-state index contributed by atoms with van der Waals surface area (Å²) in [5.74, 6) is 1.10. The predicted octanol–water partition coefficient (Wildman–Crippen LogP) is 4.21. The first kappa shape index (κ1) is 12.8. The van der Waals surface area contributed by atoms with Gasteiger partial charge in [0.2, 0.25) is 5.28 Å². The molecule has 0 spiro atoms. The highest BCUT2D eigenvalue weighted by Gasteiger charge is 2.24. The molecule has 1 aliphatic heterocycles. The molecule has 0 amide bonds. The molecule has 20 heavy (non-hydrogen) atoms. The van der Waals surface area contributed by atoms with Crippen molar-refractivity contribution < 1.29 is 0 Å². The monoisotopic (exact) mass is 307 g/mol. The van der Waals surface area contributed by atoms with Gasteiger partial charge >= 0.3 is 0 Å². The van der Waals surface area contributed by atoms with Crippen LogP contribution in [-0.4, -0.2) is 23.1 Å². The number of anilines is 1. The van der Waals surface area contributed by atoms with Crippen LogP contribution in [0.2, 0.25) is 5.28 Å². The molecule has 106 valence electrons. The van der Waals surface area contributed by atoms with Crippen molar-refractivity contribution in [3.8, 4) is 0 Å². The second-order valence-corrected chi connectivity index (χ2v) is 7.18. The van der Waals surface area contributed by atoms with Crippen LogP contribution in [0.1, 0.15) is 42.5 Å². The average molecular weight is 308 g/mol. The molecule has 0 radical (unpaired) electrons. The number of thiophene rings is 1. The van der Waals surface area contributed by atoms with Gasteiger partial charge < -0.3 is 4.90 Å². The number of fused-ring (bicyclic) bond motifs is 3. The number of rotatable bonds is 1. The van der Waals surface area contributed by atoms with E-state index in [4.69, 9.17) is 11.6 Å². The second-order valence-electron chi connectivity index (χ2n) is 5.76. The lowest BCUT2D eigenvalue weighted by Crippen LogP contribution is -2.25. The van der Waals surface area contributed by atoms with Crippen molar-refractivity contribution in [2.75, 3.05) is 18.0 Å². The summed E-state index contributed by atoms with van der Waals surface area (Å²) in [6.45, 7) is 2.21. The van der Waals surface area contributed by atoms with Crippen LogP contribution in [0.25, 0.3) is 10.2 Å². The van der Waals surface area contributed by atoms with Crippen LogP contribution < -0.4 is 4.90 Å². The van der Waals surface area contributed by atoms with Crippen LogP contribution in [0.5, 0.6) is 0 Å². The van der Waals surface area contributed by atoms with Crippen LogP contribution in [0.4, 0.5) is 5.82 Å². The maximum atomic E-state index is 6.16. The van der Waals surface area contributed by atoms with Gasteiger partial charge in [0.05, 0.1) is 5.39 Å². The Hall–Kier alpha value is -0.870. The maximum Gasteiger partial charge on any atom is 0.225 e. The molecule has 3 nitrogen and oxygen atoms in total. The summed E-state index contributed by atoms with van der Waals surface area (Å²) in [7, 11) is 0. The van der Waals surface area contributed by atoms with Crippen molar-refractivity contribution in [2.45, 2.75) is 44.9 Å². The van der Waals surface area contributed by atoms with Crippen LogP contribution in [-0.2, 0) is 12.8 Å². The highest BCUT2D eigenvalue weighted by Crippen LogP contribution is 2.41. The Morgan fingerprint density at radius 2 is 1.75 bits per heavy atom. The Morgan fingerprint density at radius 3 is 2.55 bits per heavy atom. The molecule has 2 aliphatic rings. The summed E-state index contributed by atoms with van der Waals surface area (Å²) in [5, 5.41) is 1.70. The molecule has 2 aromatic heterocycles. The Balaban J connectivity index is 1.88. The van der Waals surface area contributed by atoms with Crippen LogP contribution in [0.15, 0.2) is 0 Å². The number of hydrogen-bond acceptors (Lipinski definition) is 4. The molecule has 1 saturated heterocycles.